The molecule has 2 aliphatic rings. The maximum atomic E-state index is 14.3. The summed E-state index contributed by atoms with van der Waals surface area (Å²) in [6.45, 7) is 7.65. The van der Waals surface area contributed by atoms with Gasteiger partial charge in [0.25, 0.3) is 0 Å². The molecule has 36 heavy (non-hydrogen) atoms. The maximum absolute atomic E-state index is 14.3. The van der Waals surface area contributed by atoms with Crippen molar-refractivity contribution in [2.75, 3.05) is 19.7 Å². The number of rotatable bonds is 13. The number of halogens is 2. The Balaban J connectivity index is 1.59. The first-order valence-electron chi connectivity index (χ1n) is 13.2. The van der Waals surface area contributed by atoms with Gasteiger partial charge in [-0.05, 0) is 79.8 Å². The molecule has 4 atom stereocenters. The predicted molar refractivity (Wildman–Crippen MR) is 142 cm³/mol. The first kappa shape index (κ1) is 28.8. The van der Waals surface area contributed by atoms with Crippen molar-refractivity contribution >= 4 is 17.6 Å². The zero-order valence-corrected chi connectivity index (χ0v) is 22.6. The average Bonchev–Trinajstić information content (AvgIpc) is 3.24. The SMILES string of the molecule is CCC[C@@H](OC[C@H](O)CN1CCC[C@H]1CC1(C)C=CC(C)=C(F)C1)c1ccc(Cl)cc1CCC(=O)O. The second-order valence-corrected chi connectivity index (χ2v) is 11.2. The predicted octanol–water partition coefficient (Wildman–Crippen LogP) is 6.64. The molecular formula is C29H41ClFNO4. The van der Waals surface area contributed by atoms with Crippen LogP contribution in [0.3, 0.4) is 0 Å². The van der Waals surface area contributed by atoms with E-state index < -0.39 is 12.1 Å². The first-order valence-corrected chi connectivity index (χ1v) is 13.6. The van der Waals surface area contributed by atoms with Crippen molar-refractivity contribution in [3.63, 3.8) is 0 Å². The lowest BCUT2D eigenvalue weighted by Gasteiger charge is -2.35. The molecule has 0 aromatic heterocycles. The molecule has 7 heteroatoms. The van der Waals surface area contributed by atoms with Gasteiger partial charge in [0.05, 0.1) is 18.8 Å². The molecular weight excluding hydrogens is 481 g/mol. The van der Waals surface area contributed by atoms with Crippen LogP contribution in [0.2, 0.25) is 5.02 Å². The standard InChI is InChI=1S/C29H41ClFNO4/c1-4-6-27(25-10-9-22(30)15-21(25)8-11-28(34)35)36-19-24(33)18-32-14-5-7-23(32)16-29(3)13-12-20(2)26(31)17-29/h9-10,12-13,15,23-24,27,33H,4-8,11,14,16-19H2,1-3H3,(H,34,35)/t23-,24+,27+,29?/m0/s1. The fraction of sp³-hybridized carbons (Fsp3) is 0.621. The quantitative estimate of drug-likeness (QED) is 0.304. The van der Waals surface area contributed by atoms with Gasteiger partial charge in [-0.15, -0.1) is 0 Å². The number of aliphatic hydroxyl groups is 1. The van der Waals surface area contributed by atoms with Gasteiger partial charge in [0, 0.05) is 30.5 Å². The van der Waals surface area contributed by atoms with Crippen LogP contribution in [0.15, 0.2) is 41.8 Å². The highest BCUT2D eigenvalue weighted by molar-refractivity contribution is 6.30. The van der Waals surface area contributed by atoms with Gasteiger partial charge in [-0.3, -0.25) is 9.69 Å². The highest BCUT2D eigenvalue weighted by Crippen LogP contribution is 2.41. The molecule has 1 unspecified atom stereocenters. The Labute approximate surface area is 220 Å². The number of β-amino-alcohol motifs (C(OH)–C–C–N with tert-alkyl or cyclic N) is 1. The van der Waals surface area contributed by atoms with Crippen LogP contribution >= 0.6 is 11.6 Å². The van der Waals surface area contributed by atoms with Gasteiger partial charge in [0.2, 0.25) is 0 Å². The number of allylic oxidation sites excluding steroid dienone is 4. The number of hydrogen-bond acceptors (Lipinski definition) is 4. The number of nitrogens with zero attached hydrogens (tertiary/aromatic N) is 1. The van der Waals surface area contributed by atoms with Crippen LogP contribution in [0.1, 0.15) is 82.9 Å². The third-order valence-electron chi connectivity index (χ3n) is 7.47. The van der Waals surface area contributed by atoms with E-state index in [1.54, 1.807) is 6.07 Å². The third kappa shape index (κ3) is 8.14. The van der Waals surface area contributed by atoms with Crippen molar-refractivity contribution in [3.8, 4) is 0 Å². The summed E-state index contributed by atoms with van der Waals surface area (Å²) >= 11 is 6.18. The third-order valence-corrected chi connectivity index (χ3v) is 7.70. The molecule has 2 N–H and O–H groups in total. The molecule has 1 aliphatic carbocycles. The summed E-state index contributed by atoms with van der Waals surface area (Å²) in [5, 5.41) is 20.6. The number of aryl methyl sites for hydroxylation is 1. The Kier molecular flexibility index (Phi) is 10.6. The van der Waals surface area contributed by atoms with E-state index in [1.165, 1.54) is 0 Å². The lowest BCUT2D eigenvalue weighted by Crippen LogP contribution is -2.40. The van der Waals surface area contributed by atoms with E-state index in [-0.39, 0.29) is 30.4 Å². The number of ether oxygens (including phenoxy) is 1. The Morgan fingerprint density at radius 1 is 1.39 bits per heavy atom. The highest BCUT2D eigenvalue weighted by Gasteiger charge is 2.35. The molecule has 0 amide bonds. The minimum atomic E-state index is -0.851. The topological polar surface area (TPSA) is 70.0 Å². The fourth-order valence-electron chi connectivity index (χ4n) is 5.50. The summed E-state index contributed by atoms with van der Waals surface area (Å²) in [5.41, 5.74) is 2.33. The monoisotopic (exact) mass is 521 g/mol. The highest BCUT2D eigenvalue weighted by atomic mass is 35.5. The summed E-state index contributed by atoms with van der Waals surface area (Å²) in [7, 11) is 0. The van der Waals surface area contributed by atoms with Crippen LogP contribution in [0, 0.1) is 5.41 Å². The molecule has 1 heterocycles. The van der Waals surface area contributed by atoms with Crippen LogP contribution in [0.4, 0.5) is 4.39 Å². The molecule has 3 rings (SSSR count). The van der Waals surface area contributed by atoms with Crippen molar-refractivity contribution in [3.05, 3.63) is 57.9 Å². The second-order valence-electron chi connectivity index (χ2n) is 10.7. The number of likely N-dealkylation sites (tertiary alicyclic amines) is 1. The average molecular weight is 522 g/mol. The Hall–Kier alpha value is -1.73. The Morgan fingerprint density at radius 2 is 2.17 bits per heavy atom. The van der Waals surface area contributed by atoms with Crippen molar-refractivity contribution in [2.45, 2.75) is 90.4 Å². The summed E-state index contributed by atoms with van der Waals surface area (Å²) in [4.78, 5) is 13.4. The molecule has 1 saturated heterocycles. The van der Waals surface area contributed by atoms with Crippen molar-refractivity contribution in [1.29, 1.82) is 0 Å². The first-order chi connectivity index (χ1) is 17.1. The minimum Gasteiger partial charge on any atom is -0.481 e. The fourth-order valence-corrected chi connectivity index (χ4v) is 5.70. The van der Waals surface area contributed by atoms with Crippen molar-refractivity contribution in [1.82, 2.24) is 4.90 Å². The number of carboxylic acids is 1. The Bertz CT molecular complexity index is 965. The summed E-state index contributed by atoms with van der Waals surface area (Å²) in [6, 6.07) is 5.84. The molecule has 0 spiro atoms. The van der Waals surface area contributed by atoms with E-state index in [0.717, 1.165) is 55.3 Å². The van der Waals surface area contributed by atoms with Gasteiger partial charge in [-0.2, -0.15) is 0 Å². The van der Waals surface area contributed by atoms with E-state index in [1.807, 2.05) is 25.1 Å². The van der Waals surface area contributed by atoms with Gasteiger partial charge in [0.15, 0.2) is 0 Å². The molecule has 0 radical (unpaired) electrons. The van der Waals surface area contributed by atoms with Crippen molar-refractivity contribution in [2.24, 2.45) is 5.41 Å². The van der Waals surface area contributed by atoms with Crippen LogP contribution in [-0.2, 0) is 16.0 Å². The molecule has 1 aromatic rings. The van der Waals surface area contributed by atoms with Crippen molar-refractivity contribution < 1.29 is 24.1 Å². The molecule has 1 fully saturated rings. The van der Waals surface area contributed by atoms with E-state index in [4.69, 9.17) is 21.4 Å². The zero-order chi connectivity index (χ0) is 26.3. The smallest absolute Gasteiger partial charge is 0.303 e. The molecule has 1 aromatic carbocycles. The molecule has 1 aliphatic heterocycles. The van der Waals surface area contributed by atoms with Crippen LogP contribution in [0.25, 0.3) is 0 Å². The van der Waals surface area contributed by atoms with E-state index in [0.29, 0.717) is 30.5 Å². The normalized spacial score (nSPS) is 24.3. The Morgan fingerprint density at radius 3 is 2.86 bits per heavy atom. The number of benzene rings is 1. The number of carbonyl (C=O) groups is 1. The second kappa shape index (κ2) is 13.2. The van der Waals surface area contributed by atoms with E-state index >= 15 is 0 Å². The van der Waals surface area contributed by atoms with Gasteiger partial charge < -0.3 is 14.9 Å². The molecule has 0 saturated carbocycles. The number of hydrogen-bond donors (Lipinski definition) is 2. The summed E-state index contributed by atoms with van der Waals surface area (Å²) in [5.74, 6) is -0.874. The van der Waals surface area contributed by atoms with Gasteiger partial charge in [-0.1, -0.05) is 50.1 Å². The number of aliphatic carboxylic acids is 1. The minimum absolute atomic E-state index is 0.0233. The molecule has 0 bridgehead atoms. The zero-order valence-electron chi connectivity index (χ0n) is 21.8. The maximum Gasteiger partial charge on any atom is 0.303 e. The number of aliphatic hydroxyl groups excluding tert-OH is 1. The van der Waals surface area contributed by atoms with Crippen LogP contribution < -0.4 is 0 Å². The van der Waals surface area contributed by atoms with Crippen LogP contribution in [-0.4, -0.2) is 52.9 Å². The van der Waals surface area contributed by atoms with Gasteiger partial charge in [-0.25, -0.2) is 4.39 Å². The molecule has 200 valence electrons. The summed E-state index contributed by atoms with van der Waals surface area (Å²) in [6.07, 6.45) is 8.68. The molecule has 5 nitrogen and oxygen atoms in total. The number of carboxylic acid groups (broad SMARTS) is 1. The lowest BCUT2D eigenvalue weighted by atomic mass is 9.76. The van der Waals surface area contributed by atoms with Crippen LogP contribution in [0.5, 0.6) is 0 Å². The summed E-state index contributed by atoms with van der Waals surface area (Å²) < 4.78 is 20.5. The van der Waals surface area contributed by atoms with E-state index in [2.05, 4.69) is 24.8 Å². The lowest BCUT2D eigenvalue weighted by molar-refractivity contribution is -0.136. The van der Waals surface area contributed by atoms with Gasteiger partial charge >= 0.3 is 5.97 Å². The van der Waals surface area contributed by atoms with Gasteiger partial charge in [0.1, 0.15) is 5.83 Å². The largest absolute Gasteiger partial charge is 0.481 e. The van der Waals surface area contributed by atoms with E-state index in [9.17, 15) is 14.3 Å².